The predicted molar refractivity (Wildman–Crippen MR) is 92.4 cm³/mol. The first-order valence-electron chi connectivity index (χ1n) is 6.95. The summed E-state index contributed by atoms with van der Waals surface area (Å²) in [5.41, 5.74) is 2.20. The van der Waals surface area contributed by atoms with Gasteiger partial charge in [0.05, 0.1) is 18.8 Å². The largest absolute Gasteiger partial charge is 0.496 e. The third-order valence-corrected chi connectivity index (χ3v) is 4.93. The molecule has 0 saturated carbocycles. The fourth-order valence-electron chi connectivity index (χ4n) is 2.18. The topological polar surface area (TPSA) is 34.1 Å². The molecule has 0 fully saturated rings. The van der Waals surface area contributed by atoms with Gasteiger partial charge in [-0.2, -0.15) is 0 Å². The molecule has 21 heavy (non-hydrogen) atoms. The highest BCUT2D eigenvalue weighted by Crippen LogP contribution is 2.35. The van der Waals surface area contributed by atoms with E-state index in [-0.39, 0.29) is 6.04 Å². The molecule has 5 heteroatoms. The second-order valence-electron chi connectivity index (χ2n) is 5.33. The van der Waals surface area contributed by atoms with Crippen molar-refractivity contribution in [2.45, 2.75) is 39.8 Å². The monoisotopic (exact) mass is 368 g/mol. The van der Waals surface area contributed by atoms with Gasteiger partial charge in [0.15, 0.2) is 0 Å². The number of methoxy groups -OCH3 is 1. The SMILES string of the molecule is COc1ccc(Br)cc1C(NC(C)C)c1nc(C)c(C)s1. The van der Waals surface area contributed by atoms with Crippen molar-refractivity contribution in [2.75, 3.05) is 7.11 Å². The molecule has 2 rings (SSSR count). The minimum Gasteiger partial charge on any atom is -0.496 e. The lowest BCUT2D eigenvalue weighted by Crippen LogP contribution is -2.29. The lowest BCUT2D eigenvalue weighted by atomic mass is 10.1. The molecule has 0 bridgehead atoms. The van der Waals surface area contributed by atoms with E-state index in [9.17, 15) is 0 Å². The van der Waals surface area contributed by atoms with Gasteiger partial charge in [0.2, 0.25) is 0 Å². The summed E-state index contributed by atoms with van der Waals surface area (Å²) >= 11 is 5.29. The standard InChI is InChI=1S/C16H21BrN2OS/c1-9(2)18-15(16-19-10(3)11(4)21-16)13-8-12(17)6-7-14(13)20-5/h6-9,15,18H,1-5H3. The number of thiazole rings is 1. The Morgan fingerprint density at radius 2 is 2.00 bits per heavy atom. The first kappa shape index (κ1) is 16.5. The Morgan fingerprint density at radius 1 is 1.29 bits per heavy atom. The molecular weight excluding hydrogens is 348 g/mol. The van der Waals surface area contributed by atoms with E-state index >= 15 is 0 Å². The van der Waals surface area contributed by atoms with Crippen molar-refractivity contribution in [3.05, 3.63) is 43.8 Å². The second kappa shape index (κ2) is 6.90. The highest BCUT2D eigenvalue weighted by Gasteiger charge is 2.23. The normalized spacial score (nSPS) is 12.7. The van der Waals surface area contributed by atoms with E-state index in [1.807, 2.05) is 12.1 Å². The van der Waals surface area contributed by atoms with Crippen LogP contribution in [0, 0.1) is 13.8 Å². The van der Waals surface area contributed by atoms with Gasteiger partial charge < -0.3 is 10.1 Å². The summed E-state index contributed by atoms with van der Waals surface area (Å²) in [4.78, 5) is 5.99. The number of aromatic nitrogens is 1. The van der Waals surface area contributed by atoms with Crippen LogP contribution in [0.2, 0.25) is 0 Å². The van der Waals surface area contributed by atoms with Crippen molar-refractivity contribution in [1.29, 1.82) is 0 Å². The Bertz CT molecular complexity index is 605. The lowest BCUT2D eigenvalue weighted by Gasteiger charge is -2.22. The summed E-state index contributed by atoms with van der Waals surface area (Å²) < 4.78 is 6.58. The first-order valence-corrected chi connectivity index (χ1v) is 8.56. The average molecular weight is 369 g/mol. The average Bonchev–Trinajstić information content (AvgIpc) is 2.75. The molecule has 0 aliphatic carbocycles. The first-order chi connectivity index (χ1) is 9.92. The molecule has 0 radical (unpaired) electrons. The number of hydrogen-bond acceptors (Lipinski definition) is 4. The Balaban J connectivity index is 2.52. The van der Waals surface area contributed by atoms with Crippen LogP contribution in [0.1, 0.15) is 41.0 Å². The van der Waals surface area contributed by atoms with E-state index in [0.29, 0.717) is 6.04 Å². The molecule has 0 saturated heterocycles. The van der Waals surface area contributed by atoms with E-state index in [1.54, 1.807) is 18.4 Å². The van der Waals surface area contributed by atoms with Crippen LogP contribution >= 0.6 is 27.3 Å². The van der Waals surface area contributed by atoms with Gasteiger partial charge >= 0.3 is 0 Å². The van der Waals surface area contributed by atoms with E-state index in [4.69, 9.17) is 9.72 Å². The Labute approximate surface area is 138 Å². The Morgan fingerprint density at radius 3 is 2.52 bits per heavy atom. The van der Waals surface area contributed by atoms with Gasteiger partial charge in [-0.1, -0.05) is 15.9 Å². The van der Waals surface area contributed by atoms with Crippen molar-refractivity contribution in [3.63, 3.8) is 0 Å². The van der Waals surface area contributed by atoms with Crippen LogP contribution in [0.25, 0.3) is 0 Å². The van der Waals surface area contributed by atoms with Crippen LogP contribution in [-0.2, 0) is 0 Å². The van der Waals surface area contributed by atoms with Crippen LogP contribution in [0.4, 0.5) is 0 Å². The zero-order valence-electron chi connectivity index (χ0n) is 13.0. The van der Waals surface area contributed by atoms with Crippen molar-refractivity contribution < 1.29 is 4.74 Å². The molecule has 1 aromatic carbocycles. The van der Waals surface area contributed by atoms with Crippen LogP contribution in [0.15, 0.2) is 22.7 Å². The molecule has 114 valence electrons. The van der Waals surface area contributed by atoms with Crippen molar-refractivity contribution in [1.82, 2.24) is 10.3 Å². The number of halogens is 1. The van der Waals surface area contributed by atoms with Crippen LogP contribution in [-0.4, -0.2) is 18.1 Å². The van der Waals surface area contributed by atoms with E-state index in [0.717, 1.165) is 26.5 Å². The number of nitrogens with one attached hydrogen (secondary N) is 1. The molecule has 1 unspecified atom stereocenters. The number of aryl methyl sites for hydroxylation is 2. The van der Waals surface area contributed by atoms with Gasteiger partial charge in [-0.3, -0.25) is 0 Å². The van der Waals surface area contributed by atoms with Crippen molar-refractivity contribution >= 4 is 27.3 Å². The van der Waals surface area contributed by atoms with Gasteiger partial charge in [-0.05, 0) is 45.9 Å². The highest BCUT2D eigenvalue weighted by atomic mass is 79.9. The van der Waals surface area contributed by atoms with E-state index < -0.39 is 0 Å². The van der Waals surface area contributed by atoms with Crippen molar-refractivity contribution in [3.8, 4) is 5.75 Å². The minimum absolute atomic E-state index is 0.0369. The fourth-order valence-corrected chi connectivity index (χ4v) is 3.56. The van der Waals surface area contributed by atoms with Gasteiger partial charge in [0, 0.05) is 21.0 Å². The molecule has 0 amide bonds. The van der Waals surface area contributed by atoms with Crippen LogP contribution in [0.3, 0.4) is 0 Å². The summed E-state index contributed by atoms with van der Waals surface area (Å²) in [5.74, 6) is 0.877. The van der Waals surface area contributed by atoms with Crippen LogP contribution < -0.4 is 10.1 Å². The molecule has 0 aliphatic rings. The molecule has 0 spiro atoms. The third-order valence-electron chi connectivity index (χ3n) is 3.29. The van der Waals surface area contributed by atoms with Gasteiger partial charge in [-0.25, -0.2) is 4.98 Å². The number of nitrogens with zero attached hydrogens (tertiary/aromatic N) is 1. The van der Waals surface area contributed by atoms with Gasteiger partial charge in [0.25, 0.3) is 0 Å². The summed E-state index contributed by atoms with van der Waals surface area (Å²) in [6.45, 7) is 8.45. The molecule has 1 N–H and O–H groups in total. The zero-order valence-corrected chi connectivity index (χ0v) is 15.4. The van der Waals surface area contributed by atoms with Gasteiger partial charge in [0.1, 0.15) is 10.8 Å². The molecule has 0 aliphatic heterocycles. The summed E-state index contributed by atoms with van der Waals surface area (Å²) in [5, 5.41) is 4.68. The fraction of sp³-hybridized carbons (Fsp3) is 0.438. The quantitative estimate of drug-likeness (QED) is 0.835. The lowest BCUT2D eigenvalue weighted by molar-refractivity contribution is 0.400. The van der Waals surface area contributed by atoms with Gasteiger partial charge in [-0.15, -0.1) is 11.3 Å². The minimum atomic E-state index is 0.0369. The maximum atomic E-state index is 5.54. The summed E-state index contributed by atoms with van der Waals surface area (Å²) in [7, 11) is 1.71. The molecule has 3 nitrogen and oxygen atoms in total. The smallest absolute Gasteiger partial charge is 0.124 e. The summed E-state index contributed by atoms with van der Waals surface area (Å²) in [6, 6.07) is 6.47. The number of ether oxygens (including phenoxy) is 1. The number of hydrogen-bond donors (Lipinski definition) is 1. The van der Waals surface area contributed by atoms with E-state index in [1.165, 1.54) is 4.88 Å². The molecule has 1 heterocycles. The predicted octanol–water partition coefficient (Wildman–Crippen LogP) is 4.62. The number of benzene rings is 1. The summed E-state index contributed by atoms with van der Waals surface area (Å²) in [6.07, 6.45) is 0. The third kappa shape index (κ3) is 3.84. The number of rotatable bonds is 5. The van der Waals surface area contributed by atoms with E-state index in [2.05, 4.69) is 55.0 Å². The molecule has 1 aromatic heterocycles. The second-order valence-corrected chi connectivity index (χ2v) is 7.48. The van der Waals surface area contributed by atoms with Crippen molar-refractivity contribution in [2.24, 2.45) is 0 Å². The molecule has 2 aromatic rings. The zero-order chi connectivity index (χ0) is 15.6. The maximum Gasteiger partial charge on any atom is 0.124 e. The Kier molecular flexibility index (Phi) is 5.41. The van der Waals surface area contributed by atoms with Crippen LogP contribution in [0.5, 0.6) is 5.75 Å². The molecular formula is C16H21BrN2OS. The molecule has 1 atom stereocenters. The Hall–Kier alpha value is -0.910. The highest BCUT2D eigenvalue weighted by molar-refractivity contribution is 9.10. The maximum absolute atomic E-state index is 5.54.